The Hall–Kier alpha value is -1.23. The summed E-state index contributed by atoms with van der Waals surface area (Å²) in [5.74, 6) is 0.0191. The lowest BCUT2D eigenvalue weighted by molar-refractivity contribution is -0.137. The highest BCUT2D eigenvalue weighted by molar-refractivity contribution is 9.10. The van der Waals surface area contributed by atoms with Crippen molar-refractivity contribution in [3.63, 3.8) is 0 Å². The van der Waals surface area contributed by atoms with E-state index in [4.69, 9.17) is 9.84 Å². The molecule has 0 saturated heterocycles. The molecular formula is C12H16BrNO3. The second-order valence-electron chi connectivity index (χ2n) is 3.74. The SMILES string of the molecule is COc1ccc(Br)cc1N(C)CCCC(=O)O. The molecule has 1 rings (SSSR count). The third kappa shape index (κ3) is 4.26. The molecule has 5 heteroatoms. The number of rotatable bonds is 6. The average Bonchev–Trinajstić information content (AvgIpc) is 2.28. The fraction of sp³-hybridized carbons (Fsp3) is 0.417. The number of hydrogen-bond donors (Lipinski definition) is 1. The first-order chi connectivity index (χ1) is 8.04. The van der Waals surface area contributed by atoms with Crippen molar-refractivity contribution in [2.24, 2.45) is 0 Å². The van der Waals surface area contributed by atoms with Crippen molar-refractivity contribution in [2.75, 3.05) is 25.6 Å². The standard InChI is InChI=1S/C12H16BrNO3/c1-14(7-3-4-12(15)16)10-8-9(13)5-6-11(10)17-2/h5-6,8H,3-4,7H2,1-2H3,(H,15,16). The fourth-order valence-corrected chi connectivity index (χ4v) is 1.90. The zero-order valence-corrected chi connectivity index (χ0v) is 11.5. The Labute approximate surface area is 109 Å². The van der Waals surface area contributed by atoms with Crippen LogP contribution in [0, 0.1) is 0 Å². The van der Waals surface area contributed by atoms with Crippen LogP contribution < -0.4 is 9.64 Å². The van der Waals surface area contributed by atoms with Gasteiger partial charge in [0.05, 0.1) is 12.8 Å². The Kier molecular flexibility index (Phi) is 5.28. The van der Waals surface area contributed by atoms with Gasteiger partial charge in [-0.25, -0.2) is 0 Å². The molecular weight excluding hydrogens is 286 g/mol. The molecule has 0 amide bonds. The van der Waals surface area contributed by atoms with Gasteiger partial charge in [-0.15, -0.1) is 0 Å². The number of ether oxygens (including phenoxy) is 1. The van der Waals surface area contributed by atoms with Crippen LogP contribution in [0.25, 0.3) is 0 Å². The second kappa shape index (κ2) is 6.49. The van der Waals surface area contributed by atoms with Gasteiger partial charge >= 0.3 is 5.97 Å². The van der Waals surface area contributed by atoms with Crippen molar-refractivity contribution in [2.45, 2.75) is 12.8 Å². The van der Waals surface area contributed by atoms with Gasteiger partial charge in [-0.1, -0.05) is 15.9 Å². The summed E-state index contributed by atoms with van der Waals surface area (Å²) in [6, 6.07) is 5.75. The molecule has 0 atom stereocenters. The van der Waals surface area contributed by atoms with E-state index < -0.39 is 5.97 Å². The molecule has 1 N–H and O–H groups in total. The van der Waals surface area contributed by atoms with Crippen molar-refractivity contribution in [1.29, 1.82) is 0 Å². The van der Waals surface area contributed by atoms with E-state index in [-0.39, 0.29) is 6.42 Å². The molecule has 0 heterocycles. The summed E-state index contributed by atoms with van der Waals surface area (Å²) >= 11 is 3.41. The Morgan fingerprint density at radius 1 is 1.53 bits per heavy atom. The maximum atomic E-state index is 10.4. The van der Waals surface area contributed by atoms with Crippen molar-refractivity contribution in [3.05, 3.63) is 22.7 Å². The zero-order chi connectivity index (χ0) is 12.8. The summed E-state index contributed by atoms with van der Waals surface area (Å²) in [5, 5.41) is 8.59. The summed E-state index contributed by atoms with van der Waals surface area (Å²) in [7, 11) is 3.55. The van der Waals surface area contributed by atoms with Gasteiger partial charge < -0.3 is 14.7 Å². The van der Waals surface area contributed by atoms with Crippen LogP contribution >= 0.6 is 15.9 Å². The Morgan fingerprint density at radius 3 is 2.82 bits per heavy atom. The van der Waals surface area contributed by atoms with Gasteiger partial charge in [0.1, 0.15) is 5.75 Å². The number of nitrogens with zero attached hydrogens (tertiary/aromatic N) is 1. The zero-order valence-electron chi connectivity index (χ0n) is 9.94. The highest BCUT2D eigenvalue weighted by atomic mass is 79.9. The van der Waals surface area contributed by atoms with E-state index in [9.17, 15) is 4.79 Å². The topological polar surface area (TPSA) is 49.8 Å². The third-order valence-corrected chi connectivity index (χ3v) is 2.93. The van der Waals surface area contributed by atoms with Gasteiger partial charge in [-0.05, 0) is 24.6 Å². The molecule has 0 aromatic heterocycles. The van der Waals surface area contributed by atoms with Gasteiger partial charge in [0.25, 0.3) is 0 Å². The molecule has 94 valence electrons. The molecule has 0 aliphatic heterocycles. The quantitative estimate of drug-likeness (QED) is 0.878. The first kappa shape index (κ1) is 13.8. The minimum Gasteiger partial charge on any atom is -0.495 e. The van der Waals surface area contributed by atoms with Crippen LogP contribution in [0.1, 0.15) is 12.8 Å². The van der Waals surface area contributed by atoms with E-state index in [2.05, 4.69) is 15.9 Å². The molecule has 0 spiro atoms. The molecule has 0 bridgehead atoms. The number of hydrogen-bond acceptors (Lipinski definition) is 3. The lowest BCUT2D eigenvalue weighted by Gasteiger charge is -2.21. The molecule has 0 aliphatic rings. The lowest BCUT2D eigenvalue weighted by atomic mass is 10.2. The predicted molar refractivity (Wildman–Crippen MR) is 70.8 cm³/mol. The van der Waals surface area contributed by atoms with E-state index in [1.54, 1.807) is 7.11 Å². The van der Waals surface area contributed by atoms with Crippen LogP contribution in [0.5, 0.6) is 5.75 Å². The summed E-state index contributed by atoms with van der Waals surface area (Å²) in [4.78, 5) is 12.4. The first-order valence-corrected chi connectivity index (χ1v) is 6.10. The van der Waals surface area contributed by atoms with Gasteiger partial charge in [-0.2, -0.15) is 0 Å². The van der Waals surface area contributed by atoms with Gasteiger partial charge in [0.2, 0.25) is 0 Å². The smallest absolute Gasteiger partial charge is 0.303 e. The fourth-order valence-electron chi connectivity index (χ4n) is 1.55. The predicted octanol–water partition coefficient (Wildman–Crippen LogP) is 2.76. The van der Waals surface area contributed by atoms with Crippen LogP contribution in [-0.4, -0.2) is 31.8 Å². The monoisotopic (exact) mass is 301 g/mol. The van der Waals surface area contributed by atoms with E-state index in [0.717, 1.165) is 15.9 Å². The molecule has 4 nitrogen and oxygen atoms in total. The highest BCUT2D eigenvalue weighted by Crippen LogP contribution is 2.30. The molecule has 0 fully saturated rings. The average molecular weight is 302 g/mol. The van der Waals surface area contributed by atoms with Gasteiger partial charge in [0.15, 0.2) is 0 Å². The molecule has 17 heavy (non-hydrogen) atoms. The second-order valence-corrected chi connectivity index (χ2v) is 4.65. The summed E-state index contributed by atoms with van der Waals surface area (Å²) in [5.41, 5.74) is 0.951. The Balaban J connectivity index is 2.69. The molecule has 1 aromatic rings. The van der Waals surface area contributed by atoms with Crippen molar-refractivity contribution >= 4 is 27.6 Å². The van der Waals surface area contributed by atoms with Crippen LogP contribution in [0.4, 0.5) is 5.69 Å². The molecule has 1 aromatic carbocycles. The van der Waals surface area contributed by atoms with Gasteiger partial charge in [-0.3, -0.25) is 4.79 Å². The minimum atomic E-state index is -0.764. The number of methoxy groups -OCH3 is 1. The van der Waals surface area contributed by atoms with E-state index in [0.29, 0.717) is 13.0 Å². The van der Waals surface area contributed by atoms with Crippen LogP contribution in [0.3, 0.4) is 0 Å². The molecule has 0 saturated carbocycles. The molecule has 0 radical (unpaired) electrons. The van der Waals surface area contributed by atoms with E-state index in [1.165, 1.54) is 0 Å². The molecule has 0 aliphatic carbocycles. The summed E-state index contributed by atoms with van der Waals surface area (Å²) in [6.07, 6.45) is 0.794. The van der Waals surface area contributed by atoms with E-state index >= 15 is 0 Å². The number of halogens is 1. The lowest BCUT2D eigenvalue weighted by Crippen LogP contribution is -2.20. The van der Waals surface area contributed by atoms with Crippen molar-refractivity contribution in [1.82, 2.24) is 0 Å². The highest BCUT2D eigenvalue weighted by Gasteiger charge is 2.09. The van der Waals surface area contributed by atoms with Crippen LogP contribution in [0.2, 0.25) is 0 Å². The number of anilines is 1. The first-order valence-electron chi connectivity index (χ1n) is 5.31. The maximum Gasteiger partial charge on any atom is 0.303 e. The van der Waals surface area contributed by atoms with Crippen molar-refractivity contribution in [3.8, 4) is 5.75 Å². The van der Waals surface area contributed by atoms with Crippen LogP contribution in [-0.2, 0) is 4.79 Å². The van der Waals surface area contributed by atoms with Crippen LogP contribution in [0.15, 0.2) is 22.7 Å². The number of carboxylic acid groups (broad SMARTS) is 1. The van der Waals surface area contributed by atoms with Crippen molar-refractivity contribution < 1.29 is 14.6 Å². The Morgan fingerprint density at radius 2 is 2.24 bits per heavy atom. The van der Waals surface area contributed by atoms with E-state index in [1.807, 2.05) is 30.1 Å². The summed E-state index contributed by atoms with van der Waals surface area (Å²) < 4.78 is 6.24. The Bertz CT molecular complexity index is 395. The number of benzene rings is 1. The minimum absolute atomic E-state index is 0.181. The number of carboxylic acids is 1. The largest absolute Gasteiger partial charge is 0.495 e. The maximum absolute atomic E-state index is 10.4. The third-order valence-electron chi connectivity index (χ3n) is 2.44. The number of carbonyl (C=O) groups is 1. The van der Waals surface area contributed by atoms with Gasteiger partial charge in [0, 0.05) is 24.5 Å². The normalized spacial score (nSPS) is 10.1. The number of aliphatic carboxylic acids is 1. The summed E-state index contributed by atoms with van der Waals surface area (Å²) in [6.45, 7) is 0.680. The molecule has 0 unspecified atom stereocenters.